The van der Waals surface area contributed by atoms with E-state index in [0.29, 0.717) is 42.2 Å². The fourth-order valence-electron chi connectivity index (χ4n) is 5.85. The zero-order chi connectivity index (χ0) is 27.4. The largest absolute Gasteiger partial charge is 0.394 e. The second-order valence-corrected chi connectivity index (χ2v) is 10.2. The van der Waals surface area contributed by atoms with Gasteiger partial charge in [-0.1, -0.05) is 61.9 Å². The van der Waals surface area contributed by atoms with Crippen LogP contribution < -0.4 is 5.56 Å². The molecule has 4 aromatic rings. The van der Waals surface area contributed by atoms with Crippen molar-refractivity contribution in [1.82, 2.24) is 19.2 Å². The van der Waals surface area contributed by atoms with Gasteiger partial charge in [0, 0.05) is 18.0 Å². The van der Waals surface area contributed by atoms with Crippen molar-refractivity contribution in [2.24, 2.45) is 0 Å². The van der Waals surface area contributed by atoms with Gasteiger partial charge < -0.3 is 9.84 Å². The molecule has 8 heteroatoms. The average Bonchev–Trinajstić information content (AvgIpc) is 3.35. The summed E-state index contributed by atoms with van der Waals surface area (Å²) in [4.78, 5) is 19.0. The van der Waals surface area contributed by atoms with Crippen molar-refractivity contribution in [3.63, 3.8) is 0 Å². The number of nitriles is 1. The Morgan fingerprint density at radius 1 is 1.10 bits per heavy atom. The number of nitrogens with zero attached hydrogens (tertiary/aromatic N) is 5. The normalized spacial score (nSPS) is 17.4. The number of aliphatic hydroxyl groups excluding tert-OH is 1. The SMILES string of the molecule is CCCc1c(Cc2cccc(-c3ccccc3)c2C#N)c(=O)n(C2CCC(OCCO)CC2)c2nc(C)nn12. The second-order valence-electron chi connectivity index (χ2n) is 10.2. The highest BCUT2D eigenvalue weighted by Crippen LogP contribution is 2.32. The Morgan fingerprint density at radius 2 is 1.87 bits per heavy atom. The Hall–Kier alpha value is -3.80. The topological polar surface area (TPSA) is 105 Å². The van der Waals surface area contributed by atoms with Gasteiger partial charge in [-0.25, -0.2) is 4.52 Å². The summed E-state index contributed by atoms with van der Waals surface area (Å²) in [5, 5.41) is 24.1. The van der Waals surface area contributed by atoms with E-state index in [0.717, 1.165) is 54.5 Å². The highest BCUT2D eigenvalue weighted by molar-refractivity contribution is 5.72. The fourth-order valence-corrected chi connectivity index (χ4v) is 5.85. The number of ether oxygens (including phenoxy) is 1. The van der Waals surface area contributed by atoms with E-state index >= 15 is 0 Å². The molecule has 0 aliphatic heterocycles. The first-order valence-electron chi connectivity index (χ1n) is 13.8. The van der Waals surface area contributed by atoms with Gasteiger partial charge >= 0.3 is 0 Å². The van der Waals surface area contributed by atoms with E-state index < -0.39 is 0 Å². The van der Waals surface area contributed by atoms with Gasteiger partial charge in [-0.3, -0.25) is 9.36 Å². The highest BCUT2D eigenvalue weighted by Gasteiger charge is 2.29. The van der Waals surface area contributed by atoms with Crippen LogP contribution in [0.5, 0.6) is 0 Å². The average molecular weight is 526 g/mol. The number of rotatable bonds is 9. The molecule has 1 N–H and O–H groups in total. The maximum Gasteiger partial charge on any atom is 0.259 e. The monoisotopic (exact) mass is 525 g/mol. The first-order valence-corrected chi connectivity index (χ1v) is 13.8. The third-order valence-electron chi connectivity index (χ3n) is 7.65. The fraction of sp³-hybridized carbons (Fsp3) is 0.419. The number of fused-ring (bicyclic) bond motifs is 1. The summed E-state index contributed by atoms with van der Waals surface area (Å²) in [6.45, 7) is 4.29. The van der Waals surface area contributed by atoms with E-state index in [1.807, 2.05) is 64.5 Å². The Bertz CT molecular complexity index is 1540. The molecule has 39 heavy (non-hydrogen) atoms. The molecule has 8 nitrogen and oxygen atoms in total. The van der Waals surface area contributed by atoms with Crippen LogP contribution in [0, 0.1) is 18.3 Å². The van der Waals surface area contributed by atoms with Crippen LogP contribution in [0.3, 0.4) is 0 Å². The van der Waals surface area contributed by atoms with E-state index in [-0.39, 0.29) is 24.3 Å². The number of aliphatic hydroxyl groups is 1. The van der Waals surface area contributed by atoms with Crippen LogP contribution >= 0.6 is 0 Å². The van der Waals surface area contributed by atoms with Gasteiger partial charge in [0.1, 0.15) is 11.9 Å². The number of hydrogen-bond acceptors (Lipinski definition) is 6. The first-order chi connectivity index (χ1) is 19.0. The van der Waals surface area contributed by atoms with Crippen molar-refractivity contribution in [2.45, 2.75) is 70.9 Å². The van der Waals surface area contributed by atoms with Crippen LogP contribution in [0.25, 0.3) is 16.9 Å². The summed E-state index contributed by atoms with van der Waals surface area (Å²) in [7, 11) is 0. The van der Waals surface area contributed by atoms with Crippen LogP contribution in [0.1, 0.15) is 73.3 Å². The molecule has 1 aliphatic rings. The zero-order valence-electron chi connectivity index (χ0n) is 22.6. The van der Waals surface area contributed by atoms with Gasteiger partial charge in [0.25, 0.3) is 5.56 Å². The molecular weight excluding hydrogens is 490 g/mol. The number of aromatic nitrogens is 4. The smallest absolute Gasteiger partial charge is 0.259 e. The highest BCUT2D eigenvalue weighted by atomic mass is 16.5. The van der Waals surface area contributed by atoms with E-state index in [2.05, 4.69) is 13.0 Å². The first kappa shape index (κ1) is 26.8. The lowest BCUT2D eigenvalue weighted by molar-refractivity contribution is 0.00158. The van der Waals surface area contributed by atoms with Gasteiger partial charge in [0.2, 0.25) is 5.78 Å². The lowest BCUT2D eigenvalue weighted by Gasteiger charge is -2.30. The molecule has 1 aliphatic carbocycles. The molecule has 0 spiro atoms. The summed E-state index contributed by atoms with van der Waals surface area (Å²) in [6.07, 6.45) is 5.20. The summed E-state index contributed by atoms with van der Waals surface area (Å²) >= 11 is 0. The molecule has 2 heterocycles. The van der Waals surface area contributed by atoms with Crippen LogP contribution in [-0.2, 0) is 17.6 Å². The molecule has 0 amide bonds. The quantitative estimate of drug-likeness (QED) is 0.337. The summed E-state index contributed by atoms with van der Waals surface area (Å²) < 4.78 is 9.46. The van der Waals surface area contributed by atoms with Crippen molar-refractivity contribution in [3.8, 4) is 17.2 Å². The van der Waals surface area contributed by atoms with E-state index in [1.165, 1.54) is 0 Å². The van der Waals surface area contributed by atoms with Crippen LogP contribution in [0.2, 0.25) is 0 Å². The van der Waals surface area contributed by atoms with Crippen molar-refractivity contribution < 1.29 is 9.84 Å². The molecule has 0 saturated heterocycles. The Labute approximate surface area is 228 Å². The molecule has 0 radical (unpaired) electrons. The van der Waals surface area contributed by atoms with Gasteiger partial charge in [-0.15, -0.1) is 0 Å². The Kier molecular flexibility index (Phi) is 8.20. The van der Waals surface area contributed by atoms with Crippen molar-refractivity contribution in [2.75, 3.05) is 13.2 Å². The maximum atomic E-state index is 14.3. The lowest BCUT2D eigenvalue weighted by atomic mass is 9.91. The minimum Gasteiger partial charge on any atom is -0.394 e. The molecule has 2 aromatic heterocycles. The van der Waals surface area contributed by atoms with Crippen molar-refractivity contribution in [3.05, 3.63) is 87.1 Å². The third kappa shape index (κ3) is 5.38. The zero-order valence-corrected chi connectivity index (χ0v) is 22.6. The molecule has 2 aromatic carbocycles. The Morgan fingerprint density at radius 3 is 2.56 bits per heavy atom. The number of aryl methyl sites for hydroxylation is 2. The number of benzene rings is 2. The van der Waals surface area contributed by atoms with Crippen molar-refractivity contribution in [1.29, 1.82) is 5.26 Å². The van der Waals surface area contributed by atoms with Gasteiger partial charge in [-0.2, -0.15) is 15.3 Å². The molecule has 5 rings (SSSR count). The molecule has 1 fully saturated rings. The third-order valence-corrected chi connectivity index (χ3v) is 7.65. The molecular formula is C31H35N5O3. The van der Waals surface area contributed by atoms with Gasteiger partial charge in [-0.05, 0) is 55.7 Å². The minimum atomic E-state index is -0.0490. The maximum absolute atomic E-state index is 14.3. The van der Waals surface area contributed by atoms with E-state index in [4.69, 9.17) is 19.9 Å². The molecule has 1 saturated carbocycles. The van der Waals surface area contributed by atoms with E-state index in [9.17, 15) is 10.1 Å². The lowest BCUT2D eigenvalue weighted by Crippen LogP contribution is -2.35. The number of hydrogen-bond donors (Lipinski definition) is 1. The molecule has 202 valence electrons. The summed E-state index contributed by atoms with van der Waals surface area (Å²) in [6, 6.07) is 18.2. The minimum absolute atomic E-state index is 0.0113. The van der Waals surface area contributed by atoms with Crippen LogP contribution in [0.4, 0.5) is 0 Å². The summed E-state index contributed by atoms with van der Waals surface area (Å²) in [5.41, 5.74) is 4.76. The van der Waals surface area contributed by atoms with Crippen LogP contribution in [-0.4, -0.2) is 43.6 Å². The summed E-state index contributed by atoms with van der Waals surface area (Å²) in [5.74, 6) is 1.21. The van der Waals surface area contributed by atoms with Crippen LogP contribution in [0.15, 0.2) is 53.3 Å². The second kappa shape index (κ2) is 11.9. The molecule has 0 unspecified atom stereocenters. The van der Waals surface area contributed by atoms with Gasteiger partial charge in [0.05, 0.1) is 30.6 Å². The van der Waals surface area contributed by atoms with Gasteiger partial charge in [0.15, 0.2) is 0 Å². The predicted octanol–water partition coefficient (Wildman–Crippen LogP) is 4.77. The van der Waals surface area contributed by atoms with E-state index in [1.54, 1.807) is 0 Å². The van der Waals surface area contributed by atoms with Crippen molar-refractivity contribution >= 4 is 5.78 Å². The molecule has 0 atom stereocenters. The Balaban J connectivity index is 1.61. The standard InChI is InChI=1S/C31H35N5O3/c1-3-8-29-27(19-23-11-7-12-26(28(23)20-32)22-9-5-4-6-10-22)30(38)35(31-33-21(2)34-36(29)31)24-13-15-25(16-14-24)39-18-17-37/h4-7,9-12,24-25,37H,3,8,13-19H2,1-2H3. The predicted molar refractivity (Wildman–Crippen MR) is 150 cm³/mol. The molecule has 0 bridgehead atoms.